The topological polar surface area (TPSA) is 66.9 Å². The van der Waals surface area contributed by atoms with Crippen molar-refractivity contribution in [2.75, 3.05) is 11.9 Å². The van der Waals surface area contributed by atoms with E-state index < -0.39 is 0 Å². The zero-order chi connectivity index (χ0) is 14.1. The minimum Gasteiger partial charge on any atom is -0.324 e. The highest BCUT2D eigenvalue weighted by atomic mass is 79.9. The van der Waals surface area contributed by atoms with Gasteiger partial charge in [-0.1, -0.05) is 30.0 Å². The number of rotatable bonds is 4. The van der Waals surface area contributed by atoms with E-state index in [1.807, 2.05) is 19.1 Å². The highest BCUT2D eigenvalue weighted by Crippen LogP contribution is 2.41. The molecular weight excluding hydrogens is 360 g/mol. The van der Waals surface area contributed by atoms with Gasteiger partial charge in [0.25, 0.3) is 0 Å². The zero-order valence-corrected chi connectivity index (χ0v) is 13.7. The third-order valence-electron chi connectivity index (χ3n) is 2.88. The van der Waals surface area contributed by atoms with E-state index in [4.69, 9.17) is 0 Å². The number of hydrogen-bond acceptors (Lipinski definition) is 6. The summed E-state index contributed by atoms with van der Waals surface area (Å²) in [6, 6.07) is 3.69. The van der Waals surface area contributed by atoms with Crippen molar-refractivity contribution in [1.29, 1.82) is 0 Å². The van der Waals surface area contributed by atoms with Crippen LogP contribution < -0.4 is 10.6 Å². The molecule has 0 fully saturated rings. The SMILES string of the molecule is CCNC1C(=O)Nc2cc(Sc3nncs3)c(Br)cc21. The Labute approximate surface area is 132 Å². The highest BCUT2D eigenvalue weighted by Gasteiger charge is 2.30. The summed E-state index contributed by atoms with van der Waals surface area (Å²) >= 11 is 6.58. The number of nitrogens with one attached hydrogen (secondary N) is 2. The standard InChI is InChI=1S/C12H11BrN4OS2/c1-2-14-10-6-3-7(13)9(4-8(6)16-11(10)18)20-12-17-15-5-19-12/h3-5,10,14H,2H2,1H3,(H,16,18). The molecule has 0 spiro atoms. The summed E-state index contributed by atoms with van der Waals surface area (Å²) in [5.41, 5.74) is 3.54. The van der Waals surface area contributed by atoms with Crippen molar-refractivity contribution in [2.24, 2.45) is 0 Å². The van der Waals surface area contributed by atoms with E-state index in [2.05, 4.69) is 36.8 Å². The van der Waals surface area contributed by atoms with Gasteiger partial charge in [0.15, 0.2) is 4.34 Å². The van der Waals surface area contributed by atoms with Gasteiger partial charge in [-0.05, 0) is 34.6 Å². The molecule has 0 aliphatic carbocycles. The number of benzene rings is 1. The Morgan fingerprint density at radius 3 is 3.10 bits per heavy atom. The van der Waals surface area contributed by atoms with Gasteiger partial charge >= 0.3 is 0 Å². The molecule has 8 heteroatoms. The van der Waals surface area contributed by atoms with Gasteiger partial charge in [0.1, 0.15) is 11.6 Å². The number of nitrogens with zero attached hydrogens (tertiary/aromatic N) is 2. The van der Waals surface area contributed by atoms with Crippen LogP contribution in [-0.2, 0) is 4.79 Å². The third-order valence-corrected chi connectivity index (χ3v) is 5.63. The molecule has 1 aliphatic rings. The van der Waals surface area contributed by atoms with E-state index in [9.17, 15) is 4.79 Å². The van der Waals surface area contributed by atoms with Crippen molar-refractivity contribution in [3.05, 3.63) is 27.7 Å². The van der Waals surface area contributed by atoms with Crippen LogP contribution in [0.5, 0.6) is 0 Å². The lowest BCUT2D eigenvalue weighted by Crippen LogP contribution is -2.27. The smallest absolute Gasteiger partial charge is 0.246 e. The average molecular weight is 371 g/mol. The van der Waals surface area contributed by atoms with Crippen LogP contribution in [0.4, 0.5) is 5.69 Å². The van der Waals surface area contributed by atoms with Crippen LogP contribution in [-0.4, -0.2) is 22.6 Å². The molecule has 0 bridgehead atoms. The predicted octanol–water partition coefficient (Wildman–Crippen LogP) is 3.05. The second kappa shape index (κ2) is 5.80. The molecule has 1 unspecified atom stereocenters. The maximum Gasteiger partial charge on any atom is 0.246 e. The summed E-state index contributed by atoms with van der Waals surface area (Å²) in [5.74, 6) is -0.00758. The quantitative estimate of drug-likeness (QED) is 0.865. The minimum atomic E-state index is -0.271. The highest BCUT2D eigenvalue weighted by molar-refractivity contribution is 9.10. The van der Waals surface area contributed by atoms with Gasteiger partial charge in [-0.25, -0.2) is 0 Å². The minimum absolute atomic E-state index is 0.00758. The Kier molecular flexibility index (Phi) is 4.06. The summed E-state index contributed by atoms with van der Waals surface area (Å²) in [5, 5.41) is 13.9. The molecule has 20 heavy (non-hydrogen) atoms. The van der Waals surface area contributed by atoms with E-state index in [1.165, 1.54) is 23.1 Å². The summed E-state index contributed by atoms with van der Waals surface area (Å²) in [4.78, 5) is 13.0. The van der Waals surface area contributed by atoms with Crippen molar-refractivity contribution in [2.45, 2.75) is 22.2 Å². The number of carbonyl (C=O) groups is 1. The van der Waals surface area contributed by atoms with Crippen molar-refractivity contribution in [3.63, 3.8) is 0 Å². The number of fused-ring (bicyclic) bond motifs is 1. The molecule has 2 aromatic rings. The molecule has 1 amide bonds. The molecule has 1 aliphatic heterocycles. The fraction of sp³-hybridized carbons (Fsp3) is 0.250. The molecule has 0 saturated carbocycles. The maximum absolute atomic E-state index is 11.9. The molecular formula is C12H11BrN4OS2. The molecule has 2 N–H and O–H groups in total. The number of halogens is 1. The van der Waals surface area contributed by atoms with Crippen LogP contribution in [0.1, 0.15) is 18.5 Å². The lowest BCUT2D eigenvalue weighted by Gasteiger charge is -2.10. The van der Waals surface area contributed by atoms with Crippen LogP contribution in [0.15, 0.2) is 31.4 Å². The first-order valence-electron chi connectivity index (χ1n) is 6.00. The number of amides is 1. The zero-order valence-electron chi connectivity index (χ0n) is 10.5. The number of anilines is 1. The monoisotopic (exact) mass is 370 g/mol. The third kappa shape index (κ3) is 2.60. The Hall–Kier alpha value is -0.960. The Balaban J connectivity index is 1.93. The Bertz CT molecular complexity index is 647. The average Bonchev–Trinajstić information content (AvgIpc) is 3.01. The van der Waals surface area contributed by atoms with Crippen molar-refractivity contribution >= 4 is 50.6 Å². The van der Waals surface area contributed by atoms with E-state index in [0.717, 1.165) is 31.5 Å². The fourth-order valence-electron chi connectivity index (χ4n) is 2.05. The Morgan fingerprint density at radius 1 is 1.55 bits per heavy atom. The first-order chi connectivity index (χ1) is 9.69. The summed E-state index contributed by atoms with van der Waals surface area (Å²) in [6.45, 7) is 2.73. The molecule has 5 nitrogen and oxygen atoms in total. The Morgan fingerprint density at radius 2 is 2.40 bits per heavy atom. The van der Waals surface area contributed by atoms with Crippen molar-refractivity contribution in [1.82, 2.24) is 15.5 Å². The maximum atomic E-state index is 11.9. The molecule has 3 rings (SSSR count). The van der Waals surface area contributed by atoms with E-state index in [-0.39, 0.29) is 11.9 Å². The largest absolute Gasteiger partial charge is 0.324 e. The van der Waals surface area contributed by atoms with Gasteiger partial charge in [0.05, 0.1) is 0 Å². The number of hydrogen-bond donors (Lipinski definition) is 2. The van der Waals surface area contributed by atoms with Crippen LogP contribution in [0.2, 0.25) is 0 Å². The number of carbonyl (C=O) groups excluding carboxylic acids is 1. The molecule has 2 heterocycles. The molecule has 1 aromatic carbocycles. The molecule has 0 radical (unpaired) electrons. The summed E-state index contributed by atoms with van der Waals surface area (Å²) in [7, 11) is 0. The van der Waals surface area contributed by atoms with Gasteiger partial charge in [-0.2, -0.15) is 0 Å². The van der Waals surface area contributed by atoms with Crippen LogP contribution in [0.25, 0.3) is 0 Å². The van der Waals surface area contributed by atoms with Gasteiger partial charge in [0.2, 0.25) is 5.91 Å². The normalized spacial score (nSPS) is 17.1. The molecule has 104 valence electrons. The summed E-state index contributed by atoms with van der Waals surface area (Å²) in [6.07, 6.45) is 0. The van der Waals surface area contributed by atoms with Crippen LogP contribution in [0.3, 0.4) is 0 Å². The van der Waals surface area contributed by atoms with Crippen LogP contribution in [0, 0.1) is 0 Å². The second-order valence-corrected chi connectivity index (χ2v) is 7.13. The first kappa shape index (κ1) is 14.0. The van der Waals surface area contributed by atoms with Gasteiger partial charge in [0, 0.05) is 20.6 Å². The van der Waals surface area contributed by atoms with E-state index >= 15 is 0 Å². The lowest BCUT2D eigenvalue weighted by atomic mass is 10.1. The van der Waals surface area contributed by atoms with Crippen LogP contribution >= 0.6 is 39.0 Å². The number of aromatic nitrogens is 2. The molecule has 1 atom stereocenters. The fourth-order valence-corrected chi connectivity index (χ4v) is 4.13. The van der Waals surface area contributed by atoms with Gasteiger partial charge < -0.3 is 10.6 Å². The first-order valence-corrected chi connectivity index (χ1v) is 8.49. The van der Waals surface area contributed by atoms with Crippen molar-refractivity contribution < 1.29 is 4.79 Å². The van der Waals surface area contributed by atoms with E-state index in [1.54, 1.807) is 5.51 Å². The lowest BCUT2D eigenvalue weighted by molar-refractivity contribution is -0.117. The van der Waals surface area contributed by atoms with Gasteiger partial charge in [-0.3, -0.25) is 4.79 Å². The summed E-state index contributed by atoms with van der Waals surface area (Å²) < 4.78 is 1.83. The molecule has 0 saturated heterocycles. The van der Waals surface area contributed by atoms with E-state index in [0.29, 0.717) is 0 Å². The second-order valence-electron chi connectivity index (χ2n) is 4.16. The predicted molar refractivity (Wildman–Crippen MR) is 83.2 cm³/mol. The molecule has 1 aromatic heterocycles. The van der Waals surface area contributed by atoms with Crippen molar-refractivity contribution in [3.8, 4) is 0 Å². The van der Waals surface area contributed by atoms with Gasteiger partial charge in [-0.15, -0.1) is 10.2 Å². The number of likely N-dealkylation sites (N-methyl/N-ethyl adjacent to an activating group) is 1.